The van der Waals surface area contributed by atoms with Crippen LogP contribution >= 0.6 is 23.2 Å². The van der Waals surface area contributed by atoms with Gasteiger partial charge in [-0.25, -0.2) is 0 Å². The number of nitrogens with zero attached hydrogens (tertiary/aromatic N) is 1. The van der Waals surface area contributed by atoms with Crippen molar-refractivity contribution in [2.24, 2.45) is 0 Å². The number of benzene rings is 2. The first-order valence-corrected chi connectivity index (χ1v) is 8.17. The first-order valence-electron chi connectivity index (χ1n) is 7.42. The van der Waals surface area contributed by atoms with Crippen molar-refractivity contribution in [2.75, 3.05) is 13.7 Å². The standard InChI is InChI=1S/C18H19Cl2NO2/c1-21(13-14-6-3-2-4-7-14)18(22)8-5-11-23-17-10-9-15(19)12-16(17)20/h2-4,6-7,9-10,12H,5,8,11,13H2,1H3. The molecule has 23 heavy (non-hydrogen) atoms. The Hall–Kier alpha value is -1.71. The Morgan fingerprint density at radius 3 is 2.57 bits per heavy atom. The highest BCUT2D eigenvalue weighted by atomic mass is 35.5. The average molecular weight is 352 g/mol. The topological polar surface area (TPSA) is 29.5 Å². The Balaban J connectivity index is 1.72. The minimum atomic E-state index is 0.0969. The van der Waals surface area contributed by atoms with Crippen LogP contribution in [-0.2, 0) is 11.3 Å². The van der Waals surface area contributed by atoms with Crippen molar-refractivity contribution in [2.45, 2.75) is 19.4 Å². The summed E-state index contributed by atoms with van der Waals surface area (Å²) < 4.78 is 5.58. The Morgan fingerprint density at radius 2 is 1.87 bits per heavy atom. The first kappa shape index (κ1) is 17.6. The number of amides is 1. The van der Waals surface area contributed by atoms with Crippen LogP contribution in [0, 0.1) is 0 Å². The van der Waals surface area contributed by atoms with Gasteiger partial charge in [0.1, 0.15) is 5.75 Å². The van der Waals surface area contributed by atoms with Crippen LogP contribution in [0.5, 0.6) is 5.75 Å². The molecular formula is C18H19Cl2NO2. The normalized spacial score (nSPS) is 10.4. The van der Waals surface area contributed by atoms with E-state index in [2.05, 4.69) is 0 Å². The predicted octanol–water partition coefficient (Wildman–Crippen LogP) is 4.81. The van der Waals surface area contributed by atoms with E-state index >= 15 is 0 Å². The fourth-order valence-electron chi connectivity index (χ4n) is 2.13. The van der Waals surface area contributed by atoms with Gasteiger partial charge in [-0.1, -0.05) is 53.5 Å². The highest BCUT2D eigenvalue weighted by molar-refractivity contribution is 6.35. The van der Waals surface area contributed by atoms with Crippen molar-refractivity contribution in [1.82, 2.24) is 4.90 Å². The van der Waals surface area contributed by atoms with Crippen molar-refractivity contribution in [3.05, 3.63) is 64.1 Å². The van der Waals surface area contributed by atoms with E-state index in [4.69, 9.17) is 27.9 Å². The van der Waals surface area contributed by atoms with Gasteiger partial charge < -0.3 is 9.64 Å². The molecule has 0 saturated carbocycles. The highest BCUT2D eigenvalue weighted by Gasteiger charge is 2.09. The van der Waals surface area contributed by atoms with Gasteiger partial charge in [0.05, 0.1) is 11.6 Å². The molecule has 2 aromatic rings. The number of carbonyl (C=O) groups is 1. The zero-order chi connectivity index (χ0) is 16.7. The molecule has 2 aromatic carbocycles. The molecule has 0 unspecified atom stereocenters. The van der Waals surface area contributed by atoms with Gasteiger partial charge in [0.15, 0.2) is 0 Å². The quantitative estimate of drug-likeness (QED) is 0.669. The van der Waals surface area contributed by atoms with Crippen LogP contribution in [0.1, 0.15) is 18.4 Å². The molecule has 0 aliphatic heterocycles. The molecule has 0 heterocycles. The number of ether oxygens (including phenoxy) is 1. The number of halogens is 2. The zero-order valence-corrected chi connectivity index (χ0v) is 14.5. The molecule has 0 aliphatic rings. The van der Waals surface area contributed by atoms with Gasteiger partial charge >= 0.3 is 0 Å². The van der Waals surface area contributed by atoms with Gasteiger partial charge in [-0.3, -0.25) is 4.79 Å². The third-order valence-corrected chi connectivity index (χ3v) is 3.91. The molecule has 3 nitrogen and oxygen atoms in total. The summed E-state index contributed by atoms with van der Waals surface area (Å²) in [6.45, 7) is 1.05. The predicted molar refractivity (Wildman–Crippen MR) is 94.1 cm³/mol. The lowest BCUT2D eigenvalue weighted by Crippen LogP contribution is -2.26. The molecule has 0 fully saturated rings. The van der Waals surface area contributed by atoms with E-state index in [1.54, 1.807) is 23.1 Å². The lowest BCUT2D eigenvalue weighted by molar-refractivity contribution is -0.130. The Bertz CT molecular complexity index is 647. The fraction of sp³-hybridized carbons (Fsp3) is 0.278. The second-order valence-corrected chi connectivity index (χ2v) is 6.11. The number of hydrogen-bond donors (Lipinski definition) is 0. The maximum Gasteiger partial charge on any atom is 0.222 e. The van der Waals surface area contributed by atoms with Crippen molar-refractivity contribution in [3.8, 4) is 5.75 Å². The van der Waals surface area contributed by atoms with E-state index in [1.165, 1.54) is 0 Å². The van der Waals surface area contributed by atoms with E-state index in [1.807, 2.05) is 37.4 Å². The van der Waals surface area contributed by atoms with E-state index < -0.39 is 0 Å². The van der Waals surface area contributed by atoms with Crippen LogP contribution in [-0.4, -0.2) is 24.5 Å². The van der Waals surface area contributed by atoms with Gasteiger partial charge in [0.25, 0.3) is 0 Å². The van der Waals surface area contributed by atoms with Crippen LogP contribution < -0.4 is 4.74 Å². The van der Waals surface area contributed by atoms with Crippen LogP contribution in [0.2, 0.25) is 10.0 Å². The third-order valence-electron chi connectivity index (χ3n) is 3.37. The second-order valence-electron chi connectivity index (χ2n) is 5.26. The average Bonchev–Trinajstić information content (AvgIpc) is 2.54. The van der Waals surface area contributed by atoms with E-state index in [0.29, 0.717) is 41.8 Å². The van der Waals surface area contributed by atoms with Gasteiger partial charge in [-0.2, -0.15) is 0 Å². The highest BCUT2D eigenvalue weighted by Crippen LogP contribution is 2.27. The molecule has 5 heteroatoms. The zero-order valence-electron chi connectivity index (χ0n) is 13.0. The molecule has 122 valence electrons. The lowest BCUT2D eigenvalue weighted by atomic mass is 10.2. The molecule has 0 radical (unpaired) electrons. The largest absolute Gasteiger partial charge is 0.492 e. The summed E-state index contributed by atoms with van der Waals surface area (Å²) in [5.41, 5.74) is 1.12. The molecule has 2 rings (SSSR count). The summed E-state index contributed by atoms with van der Waals surface area (Å²) in [5.74, 6) is 0.681. The molecule has 1 amide bonds. The van der Waals surface area contributed by atoms with Crippen molar-refractivity contribution in [1.29, 1.82) is 0 Å². The minimum Gasteiger partial charge on any atom is -0.492 e. The van der Waals surface area contributed by atoms with Crippen molar-refractivity contribution >= 4 is 29.1 Å². The molecule has 0 aromatic heterocycles. The van der Waals surface area contributed by atoms with Gasteiger partial charge in [0.2, 0.25) is 5.91 Å². The summed E-state index contributed by atoms with van der Waals surface area (Å²) in [6.07, 6.45) is 1.07. The molecular weight excluding hydrogens is 333 g/mol. The SMILES string of the molecule is CN(Cc1ccccc1)C(=O)CCCOc1ccc(Cl)cc1Cl. The summed E-state index contributed by atoms with van der Waals surface area (Å²) in [7, 11) is 1.81. The van der Waals surface area contributed by atoms with Crippen molar-refractivity contribution < 1.29 is 9.53 Å². The summed E-state index contributed by atoms with van der Waals surface area (Å²) in [4.78, 5) is 13.8. The molecule has 0 saturated heterocycles. The Morgan fingerprint density at radius 1 is 1.13 bits per heavy atom. The fourth-order valence-corrected chi connectivity index (χ4v) is 2.60. The van der Waals surface area contributed by atoms with E-state index in [0.717, 1.165) is 5.56 Å². The lowest BCUT2D eigenvalue weighted by Gasteiger charge is -2.17. The third kappa shape index (κ3) is 5.77. The van der Waals surface area contributed by atoms with E-state index in [9.17, 15) is 4.79 Å². The summed E-state index contributed by atoms with van der Waals surface area (Å²) >= 11 is 11.9. The maximum atomic E-state index is 12.1. The second kappa shape index (κ2) is 8.80. The van der Waals surface area contributed by atoms with E-state index in [-0.39, 0.29) is 5.91 Å². The molecule has 0 aliphatic carbocycles. The molecule has 0 bridgehead atoms. The number of hydrogen-bond acceptors (Lipinski definition) is 2. The summed E-state index contributed by atoms with van der Waals surface area (Å²) in [6, 6.07) is 15.0. The Labute approximate surface area is 146 Å². The van der Waals surface area contributed by atoms with Crippen LogP contribution in [0.3, 0.4) is 0 Å². The number of rotatable bonds is 7. The first-order chi connectivity index (χ1) is 11.1. The Kier molecular flexibility index (Phi) is 6.75. The van der Waals surface area contributed by atoms with Crippen LogP contribution in [0.25, 0.3) is 0 Å². The smallest absolute Gasteiger partial charge is 0.222 e. The monoisotopic (exact) mass is 351 g/mol. The van der Waals surface area contributed by atoms with Crippen LogP contribution in [0.15, 0.2) is 48.5 Å². The van der Waals surface area contributed by atoms with Gasteiger partial charge in [-0.15, -0.1) is 0 Å². The van der Waals surface area contributed by atoms with Gasteiger partial charge in [-0.05, 0) is 30.2 Å². The summed E-state index contributed by atoms with van der Waals surface area (Å²) in [5, 5.41) is 1.05. The van der Waals surface area contributed by atoms with Gasteiger partial charge in [0, 0.05) is 25.0 Å². The minimum absolute atomic E-state index is 0.0969. The molecule has 0 spiro atoms. The molecule has 0 N–H and O–H groups in total. The maximum absolute atomic E-state index is 12.1. The van der Waals surface area contributed by atoms with Crippen LogP contribution in [0.4, 0.5) is 0 Å². The van der Waals surface area contributed by atoms with Crippen molar-refractivity contribution in [3.63, 3.8) is 0 Å². The number of carbonyl (C=O) groups excluding carboxylic acids is 1. The molecule has 0 atom stereocenters.